The summed E-state index contributed by atoms with van der Waals surface area (Å²) in [6.07, 6.45) is -9.61. The van der Waals surface area contributed by atoms with E-state index in [4.69, 9.17) is 5.73 Å². The Labute approximate surface area is 112 Å². The zero-order chi connectivity index (χ0) is 15.7. The summed E-state index contributed by atoms with van der Waals surface area (Å²) in [7, 11) is 0. The molecule has 0 aliphatic heterocycles. The van der Waals surface area contributed by atoms with Crippen LogP contribution in [-0.4, -0.2) is 0 Å². The molecule has 20 heavy (non-hydrogen) atoms. The zero-order valence-corrected chi connectivity index (χ0v) is 10.6. The molecule has 0 saturated carbocycles. The molecule has 0 aromatic heterocycles. The van der Waals surface area contributed by atoms with Crippen LogP contribution >= 0.6 is 0 Å². The van der Waals surface area contributed by atoms with Crippen molar-refractivity contribution in [2.24, 2.45) is 5.73 Å². The summed E-state index contributed by atoms with van der Waals surface area (Å²) < 4.78 is 75.8. The number of hydrogen-bond acceptors (Lipinski definition) is 1. The van der Waals surface area contributed by atoms with Gasteiger partial charge in [0.15, 0.2) is 0 Å². The molecule has 0 aliphatic carbocycles. The van der Waals surface area contributed by atoms with Gasteiger partial charge in [0.1, 0.15) is 0 Å². The normalized spacial score (nSPS) is 14.2. The van der Waals surface area contributed by atoms with Crippen LogP contribution in [0.25, 0.3) is 0 Å². The molecule has 0 aliphatic rings. The fourth-order valence-electron chi connectivity index (χ4n) is 1.69. The Hall–Kier alpha value is -1.50. The molecule has 0 saturated heterocycles. The molecule has 1 aromatic carbocycles. The van der Waals surface area contributed by atoms with Crippen molar-refractivity contribution in [1.29, 1.82) is 0 Å². The minimum atomic E-state index is -4.86. The van der Waals surface area contributed by atoms with Gasteiger partial charge < -0.3 is 5.73 Å². The first-order chi connectivity index (χ1) is 8.91. The molecule has 1 atom stereocenters. The van der Waals surface area contributed by atoms with E-state index < -0.39 is 29.5 Å². The van der Waals surface area contributed by atoms with E-state index in [0.29, 0.717) is 17.7 Å². The van der Waals surface area contributed by atoms with Gasteiger partial charge >= 0.3 is 12.4 Å². The Morgan fingerprint density at radius 2 is 1.45 bits per heavy atom. The predicted octanol–water partition coefficient (Wildman–Crippen LogP) is 4.69. The lowest BCUT2D eigenvalue weighted by Crippen LogP contribution is -2.16. The average Bonchev–Trinajstić information content (AvgIpc) is 2.25. The quantitative estimate of drug-likeness (QED) is 0.635. The number of rotatable bonds is 3. The zero-order valence-electron chi connectivity index (χ0n) is 10.6. The molecule has 0 fully saturated rings. The van der Waals surface area contributed by atoms with E-state index in [2.05, 4.69) is 6.58 Å². The van der Waals surface area contributed by atoms with Crippen molar-refractivity contribution in [3.05, 3.63) is 47.0 Å². The summed E-state index contributed by atoms with van der Waals surface area (Å²) >= 11 is 0. The Kier molecular flexibility index (Phi) is 4.53. The first-order valence-electron chi connectivity index (χ1n) is 5.60. The van der Waals surface area contributed by atoms with Gasteiger partial charge in [0, 0.05) is 6.04 Å². The standard InChI is InChI=1S/C13H13F6N/c1-7(2)3-11(20)8-4-9(12(14,15)16)6-10(5-8)13(17,18)19/h4-6,11H,1,3,20H2,2H3/t11-/m0/s1. The van der Waals surface area contributed by atoms with Crippen molar-refractivity contribution < 1.29 is 26.3 Å². The topological polar surface area (TPSA) is 26.0 Å². The number of alkyl halides is 6. The Morgan fingerprint density at radius 1 is 1.05 bits per heavy atom. The molecular weight excluding hydrogens is 284 g/mol. The van der Waals surface area contributed by atoms with Gasteiger partial charge in [0.2, 0.25) is 0 Å². The third kappa shape index (κ3) is 4.26. The number of hydrogen-bond donors (Lipinski definition) is 1. The van der Waals surface area contributed by atoms with Crippen LogP contribution in [0.4, 0.5) is 26.3 Å². The molecule has 2 N–H and O–H groups in total. The number of benzene rings is 1. The summed E-state index contributed by atoms with van der Waals surface area (Å²) in [6.45, 7) is 5.13. The van der Waals surface area contributed by atoms with Gasteiger partial charge in [0.05, 0.1) is 11.1 Å². The Balaban J connectivity index is 3.34. The molecule has 1 nitrogen and oxygen atoms in total. The SMILES string of the molecule is C=C(C)C[C@H](N)c1cc(C(F)(F)F)cc(C(F)(F)F)c1. The van der Waals surface area contributed by atoms with Crippen LogP contribution in [-0.2, 0) is 12.4 Å². The molecule has 0 bridgehead atoms. The van der Waals surface area contributed by atoms with E-state index >= 15 is 0 Å². The van der Waals surface area contributed by atoms with Gasteiger partial charge in [-0.25, -0.2) is 0 Å². The lowest BCUT2D eigenvalue weighted by molar-refractivity contribution is -0.143. The Bertz CT molecular complexity index is 468. The van der Waals surface area contributed by atoms with Gasteiger partial charge in [0.25, 0.3) is 0 Å². The molecule has 0 amide bonds. The van der Waals surface area contributed by atoms with E-state index in [-0.39, 0.29) is 18.1 Å². The minimum Gasteiger partial charge on any atom is -0.324 e. The number of halogens is 6. The van der Waals surface area contributed by atoms with Crippen LogP contribution in [0.3, 0.4) is 0 Å². The highest BCUT2D eigenvalue weighted by Crippen LogP contribution is 2.37. The molecule has 0 spiro atoms. The van der Waals surface area contributed by atoms with Gasteiger partial charge in [-0.15, -0.1) is 6.58 Å². The van der Waals surface area contributed by atoms with Crippen molar-refractivity contribution in [3.8, 4) is 0 Å². The molecule has 1 rings (SSSR count). The summed E-state index contributed by atoms with van der Waals surface area (Å²) in [5.41, 5.74) is 3.26. The molecule has 0 unspecified atom stereocenters. The van der Waals surface area contributed by atoms with Crippen LogP contribution in [0.15, 0.2) is 30.4 Å². The van der Waals surface area contributed by atoms with Gasteiger partial charge in [-0.05, 0) is 37.1 Å². The monoisotopic (exact) mass is 297 g/mol. The lowest BCUT2D eigenvalue weighted by Gasteiger charge is -2.18. The average molecular weight is 297 g/mol. The fraction of sp³-hybridized carbons (Fsp3) is 0.385. The highest BCUT2D eigenvalue weighted by Gasteiger charge is 2.37. The first-order valence-corrected chi connectivity index (χ1v) is 5.60. The van der Waals surface area contributed by atoms with Gasteiger partial charge in [-0.3, -0.25) is 0 Å². The minimum absolute atomic E-state index is 0.0803. The highest BCUT2D eigenvalue weighted by molar-refractivity contribution is 5.35. The van der Waals surface area contributed by atoms with Crippen LogP contribution in [0.5, 0.6) is 0 Å². The molecule has 0 radical (unpaired) electrons. The van der Waals surface area contributed by atoms with Crippen molar-refractivity contribution in [2.45, 2.75) is 31.7 Å². The summed E-state index contributed by atoms with van der Waals surface area (Å²) in [5.74, 6) is 0. The predicted molar refractivity (Wildman–Crippen MR) is 62.8 cm³/mol. The van der Waals surface area contributed by atoms with Crippen LogP contribution < -0.4 is 5.73 Å². The van der Waals surface area contributed by atoms with E-state index in [0.717, 1.165) is 0 Å². The van der Waals surface area contributed by atoms with Crippen molar-refractivity contribution in [1.82, 2.24) is 0 Å². The maximum atomic E-state index is 12.6. The molecular formula is C13H13F6N. The summed E-state index contributed by atoms with van der Waals surface area (Å²) in [6, 6.07) is 0.402. The molecule has 7 heteroatoms. The third-order valence-corrected chi connectivity index (χ3v) is 2.61. The third-order valence-electron chi connectivity index (χ3n) is 2.61. The second-order valence-corrected chi connectivity index (χ2v) is 4.61. The first kappa shape index (κ1) is 16.6. The van der Waals surface area contributed by atoms with E-state index in [1.165, 1.54) is 0 Å². The van der Waals surface area contributed by atoms with Crippen LogP contribution in [0, 0.1) is 0 Å². The van der Waals surface area contributed by atoms with Gasteiger partial charge in [-0.1, -0.05) is 5.57 Å². The molecule has 0 heterocycles. The van der Waals surface area contributed by atoms with Crippen molar-refractivity contribution in [3.63, 3.8) is 0 Å². The van der Waals surface area contributed by atoms with Crippen LogP contribution in [0.1, 0.15) is 36.1 Å². The largest absolute Gasteiger partial charge is 0.416 e. The second-order valence-electron chi connectivity index (χ2n) is 4.61. The van der Waals surface area contributed by atoms with Crippen molar-refractivity contribution in [2.75, 3.05) is 0 Å². The van der Waals surface area contributed by atoms with Crippen LogP contribution in [0.2, 0.25) is 0 Å². The smallest absolute Gasteiger partial charge is 0.324 e. The summed E-state index contributed by atoms with van der Waals surface area (Å²) in [5, 5.41) is 0. The molecule has 112 valence electrons. The van der Waals surface area contributed by atoms with E-state index in [9.17, 15) is 26.3 Å². The maximum absolute atomic E-state index is 12.6. The van der Waals surface area contributed by atoms with Crippen molar-refractivity contribution >= 4 is 0 Å². The Morgan fingerprint density at radius 3 is 1.75 bits per heavy atom. The lowest BCUT2D eigenvalue weighted by atomic mass is 9.96. The van der Waals surface area contributed by atoms with E-state index in [1.807, 2.05) is 0 Å². The summed E-state index contributed by atoms with van der Waals surface area (Å²) in [4.78, 5) is 0. The second kappa shape index (κ2) is 5.47. The molecule has 1 aromatic rings. The van der Waals surface area contributed by atoms with E-state index in [1.54, 1.807) is 6.92 Å². The maximum Gasteiger partial charge on any atom is 0.416 e. The highest BCUT2D eigenvalue weighted by atomic mass is 19.4. The van der Waals surface area contributed by atoms with Gasteiger partial charge in [-0.2, -0.15) is 26.3 Å². The number of nitrogens with two attached hydrogens (primary N) is 1. The fourth-order valence-corrected chi connectivity index (χ4v) is 1.69.